The summed E-state index contributed by atoms with van der Waals surface area (Å²) < 4.78 is 7.26. The van der Waals surface area contributed by atoms with E-state index < -0.39 is 0 Å². The molecule has 0 radical (unpaired) electrons. The van der Waals surface area contributed by atoms with Crippen LogP contribution in [0.2, 0.25) is 0 Å². The highest BCUT2D eigenvalue weighted by Gasteiger charge is 2.24. The molecule has 0 bridgehead atoms. The van der Waals surface area contributed by atoms with E-state index in [1.807, 2.05) is 41.1 Å². The highest BCUT2D eigenvalue weighted by molar-refractivity contribution is 5.96. The Kier molecular flexibility index (Phi) is 5.76. The predicted molar refractivity (Wildman–Crippen MR) is 112 cm³/mol. The normalized spacial score (nSPS) is 12.1. The van der Waals surface area contributed by atoms with Crippen molar-refractivity contribution < 1.29 is 9.53 Å². The first kappa shape index (κ1) is 19.7. The van der Waals surface area contributed by atoms with Crippen molar-refractivity contribution in [2.24, 2.45) is 0 Å². The number of hydrogen-bond donors (Lipinski definition) is 0. The van der Waals surface area contributed by atoms with Gasteiger partial charge in [-0.2, -0.15) is 0 Å². The van der Waals surface area contributed by atoms with Gasteiger partial charge in [-0.1, -0.05) is 12.1 Å². The molecule has 1 amide bonds. The predicted octanol–water partition coefficient (Wildman–Crippen LogP) is 2.73. The summed E-state index contributed by atoms with van der Waals surface area (Å²) in [7, 11) is 3.35. The Hall–Kier alpha value is -3.65. The molecule has 1 unspecified atom stereocenters. The summed E-state index contributed by atoms with van der Waals surface area (Å²) in [5.41, 5.74) is 3.67. The molecule has 30 heavy (non-hydrogen) atoms. The quantitative estimate of drug-likeness (QED) is 0.472. The van der Waals surface area contributed by atoms with E-state index in [1.54, 1.807) is 50.0 Å². The fraction of sp³-hybridized carbons (Fsp3) is 0.227. The van der Waals surface area contributed by atoms with Gasteiger partial charge in [-0.15, -0.1) is 0 Å². The highest BCUT2D eigenvalue weighted by Crippen LogP contribution is 2.21. The number of amides is 1. The Bertz CT molecular complexity index is 1130. The summed E-state index contributed by atoms with van der Waals surface area (Å²) in [5.74, 6) is -0.168. The molecular formula is C22H22N6O2. The van der Waals surface area contributed by atoms with Gasteiger partial charge in [0.25, 0.3) is 5.91 Å². The van der Waals surface area contributed by atoms with E-state index in [0.717, 1.165) is 16.9 Å². The van der Waals surface area contributed by atoms with Gasteiger partial charge in [0.2, 0.25) is 0 Å². The molecule has 0 aliphatic carbocycles. The van der Waals surface area contributed by atoms with Crippen molar-refractivity contribution in [3.05, 3.63) is 84.3 Å². The van der Waals surface area contributed by atoms with Gasteiger partial charge < -0.3 is 14.2 Å². The van der Waals surface area contributed by atoms with Gasteiger partial charge in [0.15, 0.2) is 5.65 Å². The van der Waals surface area contributed by atoms with Crippen LogP contribution in [0.25, 0.3) is 11.2 Å². The van der Waals surface area contributed by atoms with E-state index in [2.05, 4.69) is 19.9 Å². The average Bonchev–Trinajstić information content (AvgIpc) is 3.19. The summed E-state index contributed by atoms with van der Waals surface area (Å²) in [4.78, 5) is 32.2. The maximum Gasteiger partial charge on any atom is 0.255 e. The number of ether oxygens (including phenoxy) is 1. The van der Waals surface area contributed by atoms with Gasteiger partial charge in [-0.05, 0) is 29.8 Å². The fourth-order valence-electron chi connectivity index (χ4n) is 3.34. The van der Waals surface area contributed by atoms with Crippen LogP contribution in [-0.4, -0.2) is 56.1 Å². The Morgan fingerprint density at radius 3 is 2.77 bits per heavy atom. The summed E-state index contributed by atoms with van der Waals surface area (Å²) in [6.07, 6.45) is 8.57. The third-order valence-electron chi connectivity index (χ3n) is 4.92. The molecule has 0 N–H and O–H groups in total. The SMILES string of the molecule is COCC(c1ccccn1)N(C)C(=O)c1cnc2c(c1)ncn2Cc1cccnc1. The lowest BCUT2D eigenvalue weighted by atomic mass is 10.1. The maximum atomic E-state index is 13.1. The van der Waals surface area contributed by atoms with Crippen molar-refractivity contribution in [2.75, 3.05) is 20.8 Å². The van der Waals surface area contributed by atoms with E-state index in [1.165, 1.54) is 0 Å². The first-order valence-corrected chi connectivity index (χ1v) is 9.54. The van der Waals surface area contributed by atoms with Crippen molar-refractivity contribution in [3.63, 3.8) is 0 Å². The van der Waals surface area contributed by atoms with Crippen molar-refractivity contribution in [1.82, 2.24) is 29.4 Å². The summed E-state index contributed by atoms with van der Waals surface area (Å²) in [6.45, 7) is 0.953. The van der Waals surface area contributed by atoms with Crippen LogP contribution in [0.3, 0.4) is 0 Å². The zero-order chi connectivity index (χ0) is 20.9. The second-order valence-corrected chi connectivity index (χ2v) is 6.94. The first-order chi connectivity index (χ1) is 14.7. The molecule has 0 aromatic carbocycles. The topological polar surface area (TPSA) is 86.0 Å². The second kappa shape index (κ2) is 8.79. The Labute approximate surface area is 174 Å². The third kappa shape index (κ3) is 4.04. The first-order valence-electron chi connectivity index (χ1n) is 9.54. The number of carbonyl (C=O) groups is 1. The number of methoxy groups -OCH3 is 1. The number of nitrogens with zero attached hydrogens (tertiary/aromatic N) is 6. The molecular weight excluding hydrogens is 380 g/mol. The lowest BCUT2D eigenvalue weighted by Crippen LogP contribution is -2.34. The smallest absolute Gasteiger partial charge is 0.255 e. The minimum atomic E-state index is -0.303. The van der Waals surface area contributed by atoms with Crippen LogP contribution in [0, 0.1) is 0 Å². The molecule has 0 saturated carbocycles. The molecule has 8 nitrogen and oxygen atoms in total. The van der Waals surface area contributed by atoms with Crippen molar-refractivity contribution in [1.29, 1.82) is 0 Å². The molecule has 0 aliphatic rings. The number of carbonyl (C=O) groups excluding carboxylic acids is 1. The van der Waals surface area contributed by atoms with Crippen LogP contribution < -0.4 is 0 Å². The van der Waals surface area contributed by atoms with Crippen LogP contribution in [-0.2, 0) is 11.3 Å². The number of hydrogen-bond acceptors (Lipinski definition) is 6. The van der Waals surface area contributed by atoms with Crippen molar-refractivity contribution in [3.8, 4) is 0 Å². The minimum Gasteiger partial charge on any atom is -0.382 e. The molecule has 0 fully saturated rings. The minimum absolute atomic E-state index is 0.168. The molecule has 4 heterocycles. The van der Waals surface area contributed by atoms with Crippen LogP contribution in [0.1, 0.15) is 27.7 Å². The van der Waals surface area contributed by atoms with E-state index in [4.69, 9.17) is 4.74 Å². The summed E-state index contributed by atoms with van der Waals surface area (Å²) in [6, 6.07) is 11.0. The van der Waals surface area contributed by atoms with Gasteiger partial charge in [-0.3, -0.25) is 14.8 Å². The molecule has 0 spiro atoms. The van der Waals surface area contributed by atoms with Gasteiger partial charge in [-0.25, -0.2) is 9.97 Å². The number of likely N-dealkylation sites (N-methyl/N-ethyl adjacent to an activating group) is 1. The number of fused-ring (bicyclic) bond motifs is 1. The van der Waals surface area contributed by atoms with Crippen molar-refractivity contribution in [2.45, 2.75) is 12.6 Å². The van der Waals surface area contributed by atoms with E-state index in [9.17, 15) is 4.79 Å². The zero-order valence-corrected chi connectivity index (χ0v) is 16.8. The standard InChI is InChI=1S/C22H22N6O2/c1-27(20(14-30-2)18-7-3-4-9-24-18)22(29)17-10-19-21(25-12-17)28(15-26-19)13-16-6-5-8-23-11-16/h3-12,15,20H,13-14H2,1-2H3. The van der Waals surface area contributed by atoms with Gasteiger partial charge in [0.1, 0.15) is 5.52 Å². The zero-order valence-electron chi connectivity index (χ0n) is 16.8. The molecule has 4 aromatic rings. The van der Waals surface area contributed by atoms with Crippen molar-refractivity contribution >= 4 is 17.1 Å². The van der Waals surface area contributed by atoms with Gasteiger partial charge in [0, 0.05) is 38.9 Å². The third-order valence-corrected chi connectivity index (χ3v) is 4.92. The maximum absolute atomic E-state index is 13.1. The number of pyridine rings is 3. The van der Waals surface area contributed by atoms with Gasteiger partial charge in [0.05, 0.1) is 36.8 Å². The second-order valence-electron chi connectivity index (χ2n) is 6.94. The number of imidazole rings is 1. The highest BCUT2D eigenvalue weighted by atomic mass is 16.5. The Morgan fingerprint density at radius 1 is 1.13 bits per heavy atom. The average molecular weight is 402 g/mol. The largest absolute Gasteiger partial charge is 0.382 e. The molecule has 0 aliphatic heterocycles. The molecule has 0 saturated heterocycles. The molecule has 1 atom stereocenters. The summed E-state index contributed by atoms with van der Waals surface area (Å²) in [5, 5.41) is 0. The summed E-state index contributed by atoms with van der Waals surface area (Å²) >= 11 is 0. The van der Waals surface area contributed by atoms with Crippen LogP contribution >= 0.6 is 0 Å². The lowest BCUT2D eigenvalue weighted by Gasteiger charge is -2.27. The van der Waals surface area contributed by atoms with Crippen LogP contribution in [0.15, 0.2) is 67.5 Å². The molecule has 4 rings (SSSR count). The number of aromatic nitrogens is 5. The number of rotatable bonds is 7. The molecule has 152 valence electrons. The van der Waals surface area contributed by atoms with E-state index in [-0.39, 0.29) is 11.9 Å². The molecule has 4 aromatic heterocycles. The fourth-order valence-corrected chi connectivity index (χ4v) is 3.34. The Balaban J connectivity index is 1.58. The van der Waals surface area contributed by atoms with E-state index >= 15 is 0 Å². The lowest BCUT2D eigenvalue weighted by molar-refractivity contribution is 0.0595. The monoisotopic (exact) mass is 402 g/mol. The van der Waals surface area contributed by atoms with Gasteiger partial charge >= 0.3 is 0 Å². The van der Waals surface area contributed by atoms with Crippen LogP contribution in [0.5, 0.6) is 0 Å². The van der Waals surface area contributed by atoms with Crippen LogP contribution in [0.4, 0.5) is 0 Å². The molecule has 8 heteroatoms. The Morgan fingerprint density at radius 2 is 2.03 bits per heavy atom. The van der Waals surface area contributed by atoms with E-state index in [0.29, 0.717) is 24.2 Å².